The van der Waals surface area contributed by atoms with Crippen molar-refractivity contribution in [2.45, 2.75) is 13.0 Å². The van der Waals surface area contributed by atoms with Crippen LogP contribution in [0.5, 0.6) is 5.75 Å². The fourth-order valence-electron chi connectivity index (χ4n) is 1.58. The number of benzene rings is 1. The number of nitrogens with zero attached hydrogens (tertiary/aromatic N) is 1. The molecule has 0 fully saturated rings. The van der Waals surface area contributed by atoms with Crippen LogP contribution in [0.3, 0.4) is 0 Å². The van der Waals surface area contributed by atoms with Gasteiger partial charge in [-0.25, -0.2) is 0 Å². The Bertz CT molecular complexity index is 404. The van der Waals surface area contributed by atoms with Gasteiger partial charge in [-0.1, -0.05) is 0 Å². The van der Waals surface area contributed by atoms with Gasteiger partial charge in [0.25, 0.3) is 0 Å². The summed E-state index contributed by atoms with van der Waals surface area (Å²) in [7, 11) is 1.69. The quantitative estimate of drug-likeness (QED) is 0.847. The van der Waals surface area contributed by atoms with Gasteiger partial charge in [0.1, 0.15) is 11.6 Å². The lowest BCUT2D eigenvalue weighted by atomic mass is 10.2. The van der Waals surface area contributed by atoms with E-state index < -0.39 is 0 Å². The van der Waals surface area contributed by atoms with E-state index in [0.717, 1.165) is 23.7 Å². The third-order valence-electron chi connectivity index (χ3n) is 2.32. The van der Waals surface area contributed by atoms with Crippen molar-refractivity contribution in [2.75, 3.05) is 13.7 Å². The largest absolute Gasteiger partial charge is 0.496 e. The second kappa shape index (κ2) is 4.38. The highest BCUT2D eigenvalue weighted by Gasteiger charge is 2.17. The molecule has 1 aliphatic heterocycles. The minimum atomic E-state index is 0.419. The summed E-state index contributed by atoms with van der Waals surface area (Å²) in [4.78, 5) is 4.46. The topological polar surface area (TPSA) is 33.6 Å². The maximum absolute atomic E-state index is 5.32. The van der Waals surface area contributed by atoms with Crippen LogP contribution in [0, 0.1) is 3.57 Å². The summed E-state index contributed by atoms with van der Waals surface area (Å²) in [6.45, 7) is 2.96. The maximum atomic E-state index is 5.32. The normalized spacial score (nSPS) is 19.7. The first-order chi connectivity index (χ1) is 7.20. The van der Waals surface area contributed by atoms with Crippen molar-refractivity contribution in [3.8, 4) is 5.75 Å². The summed E-state index contributed by atoms with van der Waals surface area (Å²) in [5, 5.41) is 3.34. The summed E-state index contributed by atoms with van der Waals surface area (Å²) in [5.41, 5.74) is 1.05. The van der Waals surface area contributed by atoms with Crippen molar-refractivity contribution >= 4 is 28.4 Å². The molecule has 1 aromatic carbocycles. The standard InChI is InChI=1S/C11H13IN2O/c1-7-6-13-11(14-7)9-5-8(12)3-4-10(9)15-2/h3-5,7H,6H2,1-2H3,(H,13,14). The van der Waals surface area contributed by atoms with Gasteiger partial charge < -0.3 is 10.1 Å². The molecule has 1 unspecified atom stereocenters. The van der Waals surface area contributed by atoms with Crippen molar-refractivity contribution in [1.29, 1.82) is 0 Å². The molecular formula is C11H13IN2O. The molecule has 2 rings (SSSR count). The summed E-state index contributed by atoms with van der Waals surface area (Å²) < 4.78 is 6.51. The maximum Gasteiger partial charge on any atom is 0.132 e. The van der Waals surface area contributed by atoms with Gasteiger partial charge in [0.2, 0.25) is 0 Å². The van der Waals surface area contributed by atoms with Crippen molar-refractivity contribution in [3.63, 3.8) is 0 Å². The molecule has 15 heavy (non-hydrogen) atoms. The van der Waals surface area contributed by atoms with E-state index in [9.17, 15) is 0 Å². The Morgan fingerprint density at radius 2 is 2.33 bits per heavy atom. The molecule has 1 heterocycles. The lowest BCUT2D eigenvalue weighted by molar-refractivity contribution is 0.413. The highest BCUT2D eigenvalue weighted by atomic mass is 127. The highest BCUT2D eigenvalue weighted by Crippen LogP contribution is 2.22. The predicted octanol–water partition coefficient (Wildman–Crippen LogP) is 2.04. The molecular weight excluding hydrogens is 303 g/mol. The molecule has 0 aliphatic carbocycles. The van der Waals surface area contributed by atoms with Crippen LogP contribution in [-0.4, -0.2) is 25.5 Å². The molecule has 1 aromatic rings. The molecule has 0 bridgehead atoms. The third kappa shape index (κ3) is 2.25. The van der Waals surface area contributed by atoms with Crippen molar-refractivity contribution in [2.24, 2.45) is 4.99 Å². The van der Waals surface area contributed by atoms with Gasteiger partial charge in [-0.05, 0) is 47.7 Å². The first-order valence-corrected chi connectivity index (χ1v) is 5.93. The Kier molecular flexibility index (Phi) is 3.14. The zero-order valence-corrected chi connectivity index (χ0v) is 10.9. The van der Waals surface area contributed by atoms with Gasteiger partial charge in [0, 0.05) is 9.61 Å². The zero-order chi connectivity index (χ0) is 10.8. The molecule has 0 aromatic heterocycles. The van der Waals surface area contributed by atoms with E-state index in [1.54, 1.807) is 7.11 Å². The van der Waals surface area contributed by atoms with Gasteiger partial charge in [0.05, 0.1) is 19.2 Å². The van der Waals surface area contributed by atoms with E-state index in [-0.39, 0.29) is 0 Å². The van der Waals surface area contributed by atoms with Gasteiger partial charge in [-0.15, -0.1) is 0 Å². The van der Waals surface area contributed by atoms with E-state index in [4.69, 9.17) is 4.74 Å². The van der Waals surface area contributed by atoms with Crippen molar-refractivity contribution in [3.05, 3.63) is 27.3 Å². The minimum absolute atomic E-state index is 0.419. The van der Waals surface area contributed by atoms with Crippen molar-refractivity contribution < 1.29 is 4.74 Å². The number of aliphatic imine (C=N–C) groups is 1. The van der Waals surface area contributed by atoms with E-state index in [1.165, 1.54) is 3.57 Å². The average molecular weight is 316 g/mol. The lowest BCUT2D eigenvalue weighted by Gasteiger charge is -2.10. The summed E-state index contributed by atoms with van der Waals surface area (Å²) in [6, 6.07) is 6.51. The van der Waals surface area contributed by atoms with Gasteiger partial charge in [-0.2, -0.15) is 0 Å². The summed E-state index contributed by atoms with van der Waals surface area (Å²) in [6.07, 6.45) is 0. The number of hydrogen-bond acceptors (Lipinski definition) is 3. The molecule has 0 saturated heterocycles. The molecule has 1 N–H and O–H groups in total. The number of halogens is 1. The lowest BCUT2D eigenvalue weighted by Crippen LogP contribution is -2.28. The molecule has 0 spiro atoms. The van der Waals surface area contributed by atoms with Gasteiger partial charge >= 0.3 is 0 Å². The average Bonchev–Trinajstić information content (AvgIpc) is 2.65. The SMILES string of the molecule is COc1ccc(I)cc1C1=NCC(C)N1. The zero-order valence-electron chi connectivity index (χ0n) is 8.75. The third-order valence-corrected chi connectivity index (χ3v) is 2.99. The minimum Gasteiger partial charge on any atom is -0.496 e. The Hall–Kier alpha value is -0.780. The molecule has 1 aliphatic rings. The Balaban J connectivity index is 2.38. The fraction of sp³-hybridized carbons (Fsp3) is 0.364. The second-order valence-electron chi connectivity index (χ2n) is 3.58. The van der Waals surface area contributed by atoms with Crippen LogP contribution >= 0.6 is 22.6 Å². The predicted molar refractivity (Wildman–Crippen MR) is 69.7 cm³/mol. The molecule has 4 heteroatoms. The number of methoxy groups -OCH3 is 1. The van der Waals surface area contributed by atoms with Crippen molar-refractivity contribution in [1.82, 2.24) is 5.32 Å². The first-order valence-electron chi connectivity index (χ1n) is 4.85. The molecule has 0 saturated carbocycles. The smallest absolute Gasteiger partial charge is 0.132 e. The summed E-state index contributed by atoms with van der Waals surface area (Å²) >= 11 is 2.29. The van der Waals surface area contributed by atoms with Crippen LogP contribution < -0.4 is 10.1 Å². The molecule has 1 atom stereocenters. The van der Waals surface area contributed by atoms with E-state index in [2.05, 4.69) is 45.9 Å². The highest BCUT2D eigenvalue weighted by molar-refractivity contribution is 14.1. The molecule has 3 nitrogen and oxygen atoms in total. The van der Waals surface area contributed by atoms with Crippen LogP contribution in [0.1, 0.15) is 12.5 Å². The Morgan fingerprint density at radius 1 is 1.53 bits per heavy atom. The van der Waals surface area contributed by atoms with Gasteiger partial charge in [0.15, 0.2) is 0 Å². The number of ether oxygens (including phenoxy) is 1. The Morgan fingerprint density at radius 3 is 2.93 bits per heavy atom. The van der Waals surface area contributed by atoms with Crippen LogP contribution in [-0.2, 0) is 0 Å². The first kappa shape index (κ1) is 10.7. The molecule has 0 radical (unpaired) electrons. The van der Waals surface area contributed by atoms with E-state index in [1.807, 2.05) is 12.1 Å². The van der Waals surface area contributed by atoms with Crippen LogP contribution in [0.2, 0.25) is 0 Å². The molecule has 80 valence electrons. The number of amidine groups is 1. The number of rotatable bonds is 2. The van der Waals surface area contributed by atoms with Crippen LogP contribution in [0.4, 0.5) is 0 Å². The second-order valence-corrected chi connectivity index (χ2v) is 4.82. The fourth-order valence-corrected chi connectivity index (χ4v) is 2.07. The number of nitrogens with one attached hydrogen (secondary N) is 1. The molecule has 0 amide bonds. The van der Waals surface area contributed by atoms with E-state index >= 15 is 0 Å². The number of hydrogen-bond donors (Lipinski definition) is 1. The van der Waals surface area contributed by atoms with Crippen LogP contribution in [0.25, 0.3) is 0 Å². The van der Waals surface area contributed by atoms with Crippen LogP contribution in [0.15, 0.2) is 23.2 Å². The van der Waals surface area contributed by atoms with E-state index in [0.29, 0.717) is 6.04 Å². The monoisotopic (exact) mass is 316 g/mol. The summed E-state index contributed by atoms with van der Waals surface area (Å²) in [5.74, 6) is 1.81. The van der Waals surface area contributed by atoms with Gasteiger partial charge in [-0.3, -0.25) is 4.99 Å². The Labute approximate surface area is 103 Å².